The molecule has 0 radical (unpaired) electrons. The van der Waals surface area contributed by atoms with Crippen molar-refractivity contribution in [1.82, 2.24) is 4.90 Å². The van der Waals surface area contributed by atoms with Crippen molar-refractivity contribution < 1.29 is 4.79 Å². The molecule has 2 heteroatoms. The first-order chi connectivity index (χ1) is 12.1. The molecule has 5 fully saturated rings. The van der Waals surface area contributed by atoms with Crippen molar-refractivity contribution in [3.63, 3.8) is 0 Å². The van der Waals surface area contributed by atoms with Gasteiger partial charge < -0.3 is 4.90 Å². The SMILES string of the molecule is C[C@@]12CC3C[C@H](C1)[C@H](N1C[C@H]4c5ccccc5CC[C@H]4C1=O)[C@@H](C3)C2. The molecule has 0 spiro atoms. The maximum absolute atomic E-state index is 13.4. The summed E-state index contributed by atoms with van der Waals surface area (Å²) in [6, 6.07) is 9.46. The Kier molecular flexibility index (Phi) is 2.90. The summed E-state index contributed by atoms with van der Waals surface area (Å²) in [4.78, 5) is 15.8. The summed E-state index contributed by atoms with van der Waals surface area (Å²) in [6.07, 6.45) is 9.16. The van der Waals surface area contributed by atoms with E-state index in [-0.39, 0.29) is 5.92 Å². The predicted octanol–water partition coefficient (Wildman–Crippen LogP) is 4.39. The van der Waals surface area contributed by atoms with Crippen LogP contribution in [-0.4, -0.2) is 23.4 Å². The van der Waals surface area contributed by atoms with E-state index in [4.69, 9.17) is 0 Å². The molecule has 1 aromatic rings. The van der Waals surface area contributed by atoms with Gasteiger partial charge in [0.2, 0.25) is 5.91 Å². The smallest absolute Gasteiger partial charge is 0.226 e. The zero-order valence-corrected chi connectivity index (χ0v) is 15.3. The fourth-order valence-corrected chi connectivity index (χ4v) is 8.07. The summed E-state index contributed by atoms with van der Waals surface area (Å²) in [7, 11) is 0. The highest BCUT2D eigenvalue weighted by Crippen LogP contribution is 2.61. The fourth-order valence-electron chi connectivity index (χ4n) is 8.07. The van der Waals surface area contributed by atoms with Crippen LogP contribution in [-0.2, 0) is 11.2 Å². The van der Waals surface area contributed by atoms with Crippen molar-refractivity contribution in [3.05, 3.63) is 35.4 Å². The van der Waals surface area contributed by atoms with Gasteiger partial charge in [-0.15, -0.1) is 0 Å². The molecule has 1 heterocycles. The largest absolute Gasteiger partial charge is 0.338 e. The van der Waals surface area contributed by atoms with Crippen LogP contribution in [0.3, 0.4) is 0 Å². The van der Waals surface area contributed by atoms with Gasteiger partial charge in [0.1, 0.15) is 0 Å². The van der Waals surface area contributed by atoms with Crippen LogP contribution in [0.4, 0.5) is 0 Å². The van der Waals surface area contributed by atoms with Crippen molar-refractivity contribution in [1.29, 1.82) is 0 Å². The zero-order valence-electron chi connectivity index (χ0n) is 15.3. The molecule has 0 N–H and O–H groups in total. The Morgan fingerprint density at radius 2 is 1.80 bits per heavy atom. The molecular formula is C23H29NO. The molecule has 4 saturated carbocycles. The number of hydrogen-bond acceptors (Lipinski definition) is 1. The highest BCUT2D eigenvalue weighted by atomic mass is 16.2. The van der Waals surface area contributed by atoms with Crippen LogP contribution in [0.25, 0.3) is 0 Å². The van der Waals surface area contributed by atoms with E-state index in [1.54, 1.807) is 0 Å². The van der Waals surface area contributed by atoms with Crippen LogP contribution in [0.5, 0.6) is 0 Å². The van der Waals surface area contributed by atoms with E-state index in [2.05, 4.69) is 36.1 Å². The lowest BCUT2D eigenvalue weighted by Gasteiger charge is -2.60. The van der Waals surface area contributed by atoms with Crippen LogP contribution in [0, 0.1) is 29.1 Å². The minimum atomic E-state index is 0.266. The summed E-state index contributed by atoms with van der Waals surface area (Å²) in [5, 5.41) is 0. The van der Waals surface area contributed by atoms with E-state index < -0.39 is 0 Å². The normalized spacial score (nSPS) is 47.1. The van der Waals surface area contributed by atoms with E-state index >= 15 is 0 Å². The lowest BCUT2D eigenvalue weighted by Crippen LogP contribution is -2.59. The van der Waals surface area contributed by atoms with E-state index in [9.17, 15) is 4.79 Å². The number of rotatable bonds is 1. The van der Waals surface area contributed by atoms with Crippen molar-refractivity contribution in [2.24, 2.45) is 29.1 Å². The molecule has 1 amide bonds. The topological polar surface area (TPSA) is 20.3 Å². The van der Waals surface area contributed by atoms with E-state index in [0.717, 1.165) is 37.1 Å². The Hall–Kier alpha value is -1.31. The number of nitrogens with zero attached hydrogens (tertiary/aromatic N) is 1. The van der Waals surface area contributed by atoms with Crippen molar-refractivity contribution in [2.75, 3.05) is 6.54 Å². The van der Waals surface area contributed by atoms with Crippen molar-refractivity contribution >= 4 is 5.91 Å². The van der Waals surface area contributed by atoms with Gasteiger partial charge in [0.05, 0.1) is 0 Å². The number of amides is 1. The number of carbonyl (C=O) groups excluding carboxylic acids is 1. The molecular weight excluding hydrogens is 306 g/mol. The van der Waals surface area contributed by atoms with Gasteiger partial charge in [-0.2, -0.15) is 0 Å². The first-order valence-corrected chi connectivity index (χ1v) is 10.5. The summed E-state index contributed by atoms with van der Waals surface area (Å²) in [6.45, 7) is 3.52. The number of likely N-dealkylation sites (tertiary alicyclic amines) is 1. The maximum atomic E-state index is 13.4. The van der Waals surface area contributed by atoms with Gasteiger partial charge in [-0.25, -0.2) is 0 Å². The number of aryl methyl sites for hydroxylation is 1. The Balaban J connectivity index is 1.33. The molecule has 4 bridgehead atoms. The highest BCUT2D eigenvalue weighted by molar-refractivity contribution is 5.83. The Morgan fingerprint density at radius 1 is 1.04 bits per heavy atom. The average Bonchev–Trinajstić information content (AvgIpc) is 2.90. The lowest BCUT2D eigenvalue weighted by molar-refractivity contribution is -0.147. The van der Waals surface area contributed by atoms with Gasteiger partial charge in [-0.1, -0.05) is 31.2 Å². The van der Waals surface area contributed by atoms with Gasteiger partial charge >= 0.3 is 0 Å². The quantitative estimate of drug-likeness (QED) is 0.745. The number of hydrogen-bond donors (Lipinski definition) is 0. The van der Waals surface area contributed by atoms with Crippen LogP contribution < -0.4 is 0 Å². The van der Waals surface area contributed by atoms with Crippen molar-refractivity contribution in [3.8, 4) is 0 Å². The van der Waals surface area contributed by atoms with Gasteiger partial charge in [0.15, 0.2) is 0 Å². The standard InChI is InChI=1S/C23H29NO/c1-23-10-14-8-16(11-23)21(17(9-14)12-23)24-13-20-18-5-3-2-4-15(18)6-7-19(20)22(24)25/h2-5,14,16-17,19-21H,6-13H2,1H3/t14?,16-,17+,19-,20+,21+,23-/m1/s1. The number of carbonyl (C=O) groups is 1. The monoisotopic (exact) mass is 335 g/mol. The van der Waals surface area contributed by atoms with Crippen LogP contribution >= 0.6 is 0 Å². The van der Waals surface area contributed by atoms with Crippen LogP contribution in [0.15, 0.2) is 24.3 Å². The summed E-state index contributed by atoms with van der Waals surface area (Å²) < 4.78 is 0. The molecule has 0 aromatic heterocycles. The highest BCUT2D eigenvalue weighted by Gasteiger charge is 2.57. The average molecular weight is 335 g/mol. The molecule has 7 atom stereocenters. The second-order valence-electron chi connectivity index (χ2n) is 10.2. The first kappa shape index (κ1) is 14.8. The van der Waals surface area contributed by atoms with Gasteiger partial charge in [-0.05, 0) is 79.2 Å². The molecule has 5 aliphatic carbocycles. The Labute approximate surface area is 151 Å². The summed E-state index contributed by atoms with van der Waals surface area (Å²) >= 11 is 0. The Bertz CT molecular complexity index is 723. The predicted molar refractivity (Wildman–Crippen MR) is 98.2 cm³/mol. The molecule has 6 aliphatic rings. The van der Waals surface area contributed by atoms with Gasteiger partial charge in [0.25, 0.3) is 0 Å². The lowest BCUT2D eigenvalue weighted by atomic mass is 9.48. The summed E-state index contributed by atoms with van der Waals surface area (Å²) in [5.41, 5.74) is 3.57. The third-order valence-corrected chi connectivity index (χ3v) is 8.55. The fraction of sp³-hybridized carbons (Fsp3) is 0.696. The van der Waals surface area contributed by atoms with Gasteiger partial charge in [-0.3, -0.25) is 4.79 Å². The zero-order chi connectivity index (χ0) is 16.8. The Morgan fingerprint density at radius 3 is 2.56 bits per heavy atom. The molecule has 7 rings (SSSR count). The molecule has 25 heavy (non-hydrogen) atoms. The first-order valence-electron chi connectivity index (χ1n) is 10.5. The van der Waals surface area contributed by atoms with Gasteiger partial charge in [0, 0.05) is 24.4 Å². The molecule has 1 aromatic carbocycles. The second kappa shape index (κ2) is 4.90. The molecule has 132 valence electrons. The minimum absolute atomic E-state index is 0.266. The third kappa shape index (κ3) is 2.00. The molecule has 1 saturated heterocycles. The second-order valence-corrected chi connectivity index (χ2v) is 10.2. The van der Waals surface area contributed by atoms with Crippen LogP contribution in [0.2, 0.25) is 0 Å². The number of fused-ring (bicyclic) bond motifs is 3. The van der Waals surface area contributed by atoms with Crippen molar-refractivity contribution in [2.45, 2.75) is 63.8 Å². The summed E-state index contributed by atoms with van der Waals surface area (Å²) in [5.74, 6) is 3.76. The van der Waals surface area contributed by atoms with E-state index in [0.29, 0.717) is 23.3 Å². The van der Waals surface area contributed by atoms with Crippen LogP contribution in [0.1, 0.15) is 62.5 Å². The number of benzene rings is 1. The maximum Gasteiger partial charge on any atom is 0.226 e. The minimum Gasteiger partial charge on any atom is -0.338 e. The third-order valence-electron chi connectivity index (χ3n) is 8.55. The molecule has 2 nitrogen and oxygen atoms in total. The van der Waals surface area contributed by atoms with E-state index in [1.165, 1.54) is 43.2 Å². The van der Waals surface area contributed by atoms with E-state index in [1.807, 2.05) is 0 Å². The molecule has 1 aliphatic heterocycles. The molecule has 1 unspecified atom stereocenters.